The normalized spacial score (nSPS) is 25.4. The summed E-state index contributed by atoms with van der Waals surface area (Å²) in [5, 5.41) is 9.31. The summed E-state index contributed by atoms with van der Waals surface area (Å²) in [5.41, 5.74) is 5.53. The van der Waals surface area contributed by atoms with Gasteiger partial charge in [-0.15, -0.1) is 0 Å². The Bertz CT molecular complexity index is 425. The molecule has 3 N–H and O–H groups in total. The van der Waals surface area contributed by atoms with E-state index in [4.69, 9.17) is 5.73 Å². The summed E-state index contributed by atoms with van der Waals surface area (Å²) < 4.78 is 27.4. The van der Waals surface area contributed by atoms with Gasteiger partial charge in [0.25, 0.3) is 0 Å². The molecule has 0 bridgehead atoms. The number of halogens is 2. The average Bonchev–Trinajstić information content (AvgIpc) is 2.66. The van der Waals surface area contributed by atoms with E-state index >= 15 is 0 Å². The standard InChI is InChI=1S/C12H16F2N2O/c1-16-6-7(5-15)4-9(16)11-8(13)2-3-10(17)12(11)14/h2-3,7,9,17H,4-6,15H2,1H3. The molecule has 0 amide bonds. The van der Waals surface area contributed by atoms with Gasteiger partial charge in [-0.1, -0.05) is 0 Å². The highest BCUT2D eigenvalue weighted by Gasteiger charge is 2.34. The van der Waals surface area contributed by atoms with Crippen molar-refractivity contribution in [3.8, 4) is 5.75 Å². The third-order valence-electron chi connectivity index (χ3n) is 3.41. The Hall–Kier alpha value is -1.20. The summed E-state index contributed by atoms with van der Waals surface area (Å²) in [6.45, 7) is 1.22. The van der Waals surface area contributed by atoms with Crippen LogP contribution in [-0.4, -0.2) is 30.1 Å². The lowest BCUT2D eigenvalue weighted by Crippen LogP contribution is -2.21. The van der Waals surface area contributed by atoms with E-state index in [1.165, 1.54) is 0 Å². The van der Waals surface area contributed by atoms with Crippen LogP contribution in [0.5, 0.6) is 5.75 Å². The molecule has 17 heavy (non-hydrogen) atoms. The van der Waals surface area contributed by atoms with Crippen molar-refractivity contribution in [2.45, 2.75) is 12.5 Å². The first-order chi connectivity index (χ1) is 8.04. The number of phenols is 1. The molecule has 1 aromatic rings. The lowest BCUT2D eigenvalue weighted by atomic mass is 9.98. The van der Waals surface area contributed by atoms with Gasteiger partial charge in [0.15, 0.2) is 11.6 Å². The second-order valence-corrected chi connectivity index (χ2v) is 4.59. The number of likely N-dealkylation sites (tertiary alicyclic amines) is 1. The van der Waals surface area contributed by atoms with Crippen LogP contribution < -0.4 is 5.73 Å². The summed E-state index contributed by atoms with van der Waals surface area (Å²) in [6, 6.07) is 1.77. The van der Waals surface area contributed by atoms with Crippen LogP contribution in [0.2, 0.25) is 0 Å². The maximum absolute atomic E-state index is 13.8. The van der Waals surface area contributed by atoms with Gasteiger partial charge in [-0.2, -0.15) is 0 Å². The highest BCUT2D eigenvalue weighted by Crippen LogP contribution is 2.38. The van der Waals surface area contributed by atoms with Gasteiger partial charge >= 0.3 is 0 Å². The van der Waals surface area contributed by atoms with Gasteiger partial charge in [0, 0.05) is 18.2 Å². The van der Waals surface area contributed by atoms with E-state index in [-0.39, 0.29) is 17.5 Å². The van der Waals surface area contributed by atoms with E-state index in [0.717, 1.165) is 18.7 Å². The lowest BCUT2D eigenvalue weighted by Gasteiger charge is -2.20. The SMILES string of the molecule is CN1CC(CN)CC1c1c(F)ccc(O)c1F. The van der Waals surface area contributed by atoms with Crippen LogP contribution in [0.25, 0.3) is 0 Å². The molecular weight excluding hydrogens is 226 g/mol. The maximum atomic E-state index is 13.8. The first-order valence-electron chi connectivity index (χ1n) is 5.61. The van der Waals surface area contributed by atoms with Gasteiger partial charge in [0.2, 0.25) is 0 Å². The van der Waals surface area contributed by atoms with Crippen molar-refractivity contribution < 1.29 is 13.9 Å². The van der Waals surface area contributed by atoms with Gasteiger partial charge in [-0.25, -0.2) is 8.78 Å². The fraction of sp³-hybridized carbons (Fsp3) is 0.500. The zero-order chi connectivity index (χ0) is 12.6. The molecule has 2 unspecified atom stereocenters. The number of hydrogen-bond donors (Lipinski definition) is 2. The van der Waals surface area contributed by atoms with Crippen molar-refractivity contribution in [3.63, 3.8) is 0 Å². The van der Waals surface area contributed by atoms with Crippen molar-refractivity contribution in [2.24, 2.45) is 11.7 Å². The molecule has 0 aliphatic carbocycles. The maximum Gasteiger partial charge on any atom is 0.172 e. The number of aromatic hydroxyl groups is 1. The largest absolute Gasteiger partial charge is 0.505 e. The molecule has 0 spiro atoms. The lowest BCUT2D eigenvalue weighted by molar-refractivity contribution is 0.295. The summed E-state index contributed by atoms with van der Waals surface area (Å²) in [4.78, 5) is 1.87. The average molecular weight is 242 g/mol. The van der Waals surface area contributed by atoms with E-state index in [1.54, 1.807) is 0 Å². The number of hydrogen-bond acceptors (Lipinski definition) is 3. The molecule has 1 aliphatic rings. The highest BCUT2D eigenvalue weighted by atomic mass is 19.1. The monoisotopic (exact) mass is 242 g/mol. The second kappa shape index (κ2) is 4.58. The third-order valence-corrected chi connectivity index (χ3v) is 3.41. The van der Waals surface area contributed by atoms with E-state index in [1.807, 2.05) is 11.9 Å². The summed E-state index contributed by atoms with van der Waals surface area (Å²) in [7, 11) is 1.81. The smallest absolute Gasteiger partial charge is 0.172 e. The van der Waals surface area contributed by atoms with Crippen molar-refractivity contribution in [1.82, 2.24) is 4.90 Å². The van der Waals surface area contributed by atoms with Gasteiger partial charge in [0.1, 0.15) is 5.82 Å². The minimum absolute atomic E-state index is 0.0524. The first-order valence-corrected chi connectivity index (χ1v) is 5.61. The fourth-order valence-electron chi connectivity index (χ4n) is 2.48. The zero-order valence-electron chi connectivity index (χ0n) is 9.66. The molecule has 2 rings (SSSR count). The zero-order valence-corrected chi connectivity index (χ0v) is 9.66. The molecule has 1 heterocycles. The Morgan fingerprint density at radius 3 is 2.76 bits per heavy atom. The van der Waals surface area contributed by atoms with Crippen molar-refractivity contribution in [1.29, 1.82) is 0 Å². The molecule has 0 saturated carbocycles. The number of nitrogens with zero attached hydrogens (tertiary/aromatic N) is 1. The van der Waals surface area contributed by atoms with Gasteiger partial charge in [0.05, 0.1) is 0 Å². The minimum Gasteiger partial charge on any atom is -0.505 e. The molecule has 0 radical (unpaired) electrons. The molecule has 1 aromatic carbocycles. The second-order valence-electron chi connectivity index (χ2n) is 4.59. The molecule has 94 valence electrons. The molecule has 1 aliphatic heterocycles. The number of phenolic OH excluding ortho intramolecular Hbond substituents is 1. The Balaban J connectivity index is 2.37. The number of benzene rings is 1. The fourth-order valence-corrected chi connectivity index (χ4v) is 2.48. The molecule has 1 saturated heterocycles. The summed E-state index contributed by atoms with van der Waals surface area (Å²) >= 11 is 0. The molecule has 3 nitrogen and oxygen atoms in total. The summed E-state index contributed by atoms with van der Waals surface area (Å²) in [6.07, 6.45) is 0.615. The molecule has 5 heteroatoms. The van der Waals surface area contributed by atoms with E-state index in [9.17, 15) is 13.9 Å². The van der Waals surface area contributed by atoms with Crippen molar-refractivity contribution >= 4 is 0 Å². The highest BCUT2D eigenvalue weighted by molar-refractivity contribution is 5.34. The predicted molar refractivity (Wildman–Crippen MR) is 60.6 cm³/mol. The molecule has 1 fully saturated rings. The van der Waals surface area contributed by atoms with E-state index in [0.29, 0.717) is 13.0 Å². The van der Waals surface area contributed by atoms with Crippen LogP contribution in [0.15, 0.2) is 12.1 Å². The third kappa shape index (κ3) is 2.12. The van der Waals surface area contributed by atoms with Gasteiger partial charge in [-0.05, 0) is 38.1 Å². The van der Waals surface area contributed by atoms with Crippen LogP contribution in [-0.2, 0) is 0 Å². The molecule has 0 aromatic heterocycles. The Morgan fingerprint density at radius 1 is 1.47 bits per heavy atom. The Labute approximate surface area is 98.8 Å². The number of nitrogens with two attached hydrogens (primary N) is 1. The number of rotatable bonds is 2. The van der Waals surface area contributed by atoms with Crippen LogP contribution in [0.4, 0.5) is 8.78 Å². The van der Waals surface area contributed by atoms with Crippen molar-refractivity contribution in [3.05, 3.63) is 29.3 Å². The minimum atomic E-state index is -0.862. The predicted octanol–water partition coefficient (Wildman–Crippen LogP) is 1.62. The Kier molecular flexibility index (Phi) is 3.31. The van der Waals surface area contributed by atoms with Gasteiger partial charge < -0.3 is 10.8 Å². The van der Waals surface area contributed by atoms with Crippen LogP contribution >= 0.6 is 0 Å². The van der Waals surface area contributed by atoms with Crippen LogP contribution in [0.1, 0.15) is 18.0 Å². The molecule has 2 atom stereocenters. The first kappa shape index (κ1) is 12.3. The van der Waals surface area contributed by atoms with Gasteiger partial charge in [-0.3, -0.25) is 4.90 Å². The van der Waals surface area contributed by atoms with E-state index < -0.39 is 17.4 Å². The summed E-state index contributed by atoms with van der Waals surface area (Å²) in [5.74, 6) is -1.74. The topological polar surface area (TPSA) is 49.5 Å². The van der Waals surface area contributed by atoms with E-state index in [2.05, 4.69) is 0 Å². The Morgan fingerprint density at radius 2 is 2.18 bits per heavy atom. The van der Waals surface area contributed by atoms with Crippen LogP contribution in [0, 0.1) is 17.6 Å². The van der Waals surface area contributed by atoms with Crippen molar-refractivity contribution in [2.75, 3.05) is 20.1 Å². The molecular formula is C12H16F2N2O. The quantitative estimate of drug-likeness (QED) is 0.828. The van der Waals surface area contributed by atoms with Crippen LogP contribution in [0.3, 0.4) is 0 Å².